The summed E-state index contributed by atoms with van der Waals surface area (Å²) >= 11 is 0. The van der Waals surface area contributed by atoms with E-state index in [2.05, 4.69) is 47.5 Å². The number of hydrogen-bond acceptors (Lipinski definition) is 4. The highest BCUT2D eigenvalue weighted by Gasteiger charge is 2.22. The number of para-hydroxylation sites is 2. The van der Waals surface area contributed by atoms with Crippen molar-refractivity contribution in [3.63, 3.8) is 0 Å². The Morgan fingerprint density at radius 3 is 2.39 bits per heavy atom. The van der Waals surface area contributed by atoms with Crippen LogP contribution in [0.2, 0.25) is 0 Å². The van der Waals surface area contributed by atoms with Gasteiger partial charge in [-0.2, -0.15) is 0 Å². The maximum atomic E-state index is 13.8. The number of phenolic OH excluding ortho intramolecular Hbond substituents is 1. The van der Waals surface area contributed by atoms with E-state index in [1.807, 2.05) is 0 Å². The lowest BCUT2D eigenvalue weighted by Crippen LogP contribution is -2.25. The number of rotatable bonds is 3. The molecule has 0 radical (unpaired) electrons. The van der Waals surface area contributed by atoms with E-state index in [0.29, 0.717) is 35.0 Å². The van der Waals surface area contributed by atoms with Crippen LogP contribution in [0.25, 0.3) is 16.7 Å². The van der Waals surface area contributed by atoms with Gasteiger partial charge < -0.3 is 14.6 Å². The first-order valence-corrected chi connectivity index (χ1v) is 12.7. The molecule has 0 spiro atoms. The fourth-order valence-corrected chi connectivity index (χ4v) is 5.19. The van der Waals surface area contributed by atoms with Crippen molar-refractivity contribution in [2.24, 2.45) is 12.0 Å². The second-order valence-electron chi connectivity index (χ2n) is 9.72. The number of halogens is 3. The molecule has 0 saturated heterocycles. The van der Waals surface area contributed by atoms with Crippen molar-refractivity contribution in [2.45, 2.75) is 44.6 Å². The summed E-state index contributed by atoms with van der Waals surface area (Å²) in [5.74, 6) is -0.876. The number of anilines is 1. The lowest BCUT2D eigenvalue weighted by Gasteiger charge is -2.26. The fraction of sp³-hybridized carbons (Fsp3) is 0.267. The monoisotopic (exact) mass is 518 g/mol. The number of aryl methyl sites for hydroxylation is 1. The van der Waals surface area contributed by atoms with Gasteiger partial charge in [0.15, 0.2) is 0 Å². The van der Waals surface area contributed by atoms with E-state index < -0.39 is 17.5 Å². The molecule has 4 aromatic rings. The van der Waals surface area contributed by atoms with E-state index in [1.54, 1.807) is 6.07 Å². The van der Waals surface area contributed by atoms with E-state index in [4.69, 9.17) is 4.98 Å². The number of aromatic nitrogens is 2. The Morgan fingerprint density at radius 1 is 0.974 bits per heavy atom. The minimum atomic E-state index is -0.968. The van der Waals surface area contributed by atoms with Gasteiger partial charge >= 0.3 is 0 Å². The minimum absolute atomic E-state index is 0.0380. The minimum Gasteiger partial charge on any atom is -0.508 e. The molecule has 1 saturated carbocycles. The molecule has 1 aromatic heterocycles. The second-order valence-corrected chi connectivity index (χ2v) is 9.72. The van der Waals surface area contributed by atoms with Gasteiger partial charge in [-0.15, -0.1) is 0 Å². The van der Waals surface area contributed by atoms with Crippen LogP contribution in [-0.2, 0) is 13.6 Å². The van der Waals surface area contributed by atoms with E-state index in [9.17, 15) is 18.3 Å². The van der Waals surface area contributed by atoms with Gasteiger partial charge in [-0.25, -0.2) is 23.1 Å². The molecule has 0 unspecified atom stereocenters. The Kier molecular flexibility index (Phi) is 7.22. The zero-order valence-corrected chi connectivity index (χ0v) is 21.2. The Balaban J connectivity index is 0.000000162. The normalized spacial score (nSPS) is 15.4. The molecule has 3 aromatic carbocycles. The SMILES string of the molecule is C=C1N=CN(Cc2c(F)cc(F)cc2F)c2ccc(O)cc21.Cn1c(C2CCCCC2)nc2ccccc21. The Hall–Kier alpha value is -4.07. The van der Waals surface area contributed by atoms with Crippen molar-refractivity contribution in [2.75, 3.05) is 4.90 Å². The molecule has 2 heterocycles. The third-order valence-electron chi connectivity index (χ3n) is 7.18. The number of benzene rings is 3. The van der Waals surface area contributed by atoms with Crippen molar-refractivity contribution in [3.8, 4) is 5.75 Å². The summed E-state index contributed by atoms with van der Waals surface area (Å²) < 4.78 is 42.8. The first kappa shape index (κ1) is 25.6. The number of hydrogen-bond donors (Lipinski definition) is 1. The summed E-state index contributed by atoms with van der Waals surface area (Å²) in [6.45, 7) is 3.59. The highest BCUT2D eigenvalue weighted by Crippen LogP contribution is 2.35. The number of imidazole rings is 1. The molecule has 0 atom stereocenters. The molecule has 6 rings (SSSR count). The van der Waals surface area contributed by atoms with Gasteiger partial charge in [0.1, 0.15) is 29.0 Å². The smallest absolute Gasteiger partial charge is 0.134 e. The van der Waals surface area contributed by atoms with Gasteiger partial charge in [0.25, 0.3) is 0 Å². The number of nitrogens with zero attached hydrogens (tertiary/aromatic N) is 4. The molecule has 0 bridgehead atoms. The van der Waals surface area contributed by atoms with Gasteiger partial charge in [0.05, 0.1) is 35.3 Å². The maximum Gasteiger partial charge on any atom is 0.134 e. The highest BCUT2D eigenvalue weighted by atomic mass is 19.1. The molecule has 38 heavy (non-hydrogen) atoms. The summed E-state index contributed by atoms with van der Waals surface area (Å²) in [6.07, 6.45) is 8.17. The van der Waals surface area contributed by atoms with Crippen LogP contribution in [0.5, 0.6) is 5.75 Å². The van der Waals surface area contributed by atoms with Gasteiger partial charge in [-0.3, -0.25) is 0 Å². The van der Waals surface area contributed by atoms with Gasteiger partial charge in [0.2, 0.25) is 0 Å². The molecule has 1 N–H and O–H groups in total. The quantitative estimate of drug-likeness (QED) is 0.306. The molecule has 2 aliphatic rings. The molecular weight excluding hydrogens is 489 g/mol. The fourth-order valence-electron chi connectivity index (χ4n) is 5.19. The number of aliphatic imine (C=N–C) groups is 1. The molecule has 1 aliphatic carbocycles. The average Bonchev–Trinajstić information content (AvgIpc) is 3.25. The average molecular weight is 519 g/mol. The first-order valence-electron chi connectivity index (χ1n) is 12.7. The largest absolute Gasteiger partial charge is 0.508 e. The van der Waals surface area contributed by atoms with Gasteiger partial charge in [-0.05, 0) is 43.2 Å². The summed E-state index contributed by atoms with van der Waals surface area (Å²) in [5, 5.41) is 9.53. The molecule has 196 valence electrons. The van der Waals surface area contributed by atoms with E-state index in [-0.39, 0.29) is 17.9 Å². The molecule has 1 fully saturated rings. The Labute approximate surface area is 219 Å². The predicted octanol–water partition coefficient (Wildman–Crippen LogP) is 7.45. The van der Waals surface area contributed by atoms with E-state index in [1.165, 1.54) is 66.8 Å². The van der Waals surface area contributed by atoms with Crippen molar-refractivity contribution < 1.29 is 18.3 Å². The third-order valence-corrected chi connectivity index (χ3v) is 7.18. The van der Waals surface area contributed by atoms with Crippen LogP contribution >= 0.6 is 0 Å². The Morgan fingerprint density at radius 2 is 1.68 bits per heavy atom. The van der Waals surface area contributed by atoms with Crippen molar-refractivity contribution >= 4 is 28.8 Å². The number of fused-ring (bicyclic) bond motifs is 2. The summed E-state index contributed by atoms with van der Waals surface area (Å²) in [6, 6.07) is 14.2. The number of phenols is 1. The van der Waals surface area contributed by atoms with Crippen molar-refractivity contribution in [1.29, 1.82) is 0 Å². The standard InChI is InChI=1S/C16H11F3N2O.C14H18N2/c1-9-12-6-11(22)2-3-16(12)21(8-20-9)7-13-14(18)4-10(17)5-15(13)19;1-16-13-10-6-5-9-12(13)15-14(16)11-7-3-2-4-8-11/h2-6,8,22H,1,7H2;5-6,9-11H,2-4,7-8H2,1H3. The summed E-state index contributed by atoms with van der Waals surface area (Å²) in [5.41, 5.74) is 3.74. The topological polar surface area (TPSA) is 53.6 Å². The van der Waals surface area contributed by atoms with Crippen LogP contribution < -0.4 is 4.90 Å². The summed E-state index contributed by atoms with van der Waals surface area (Å²) in [7, 11) is 2.15. The first-order chi connectivity index (χ1) is 18.3. The predicted molar refractivity (Wildman–Crippen MR) is 145 cm³/mol. The maximum absolute atomic E-state index is 13.8. The molecule has 5 nitrogen and oxygen atoms in total. The third kappa shape index (κ3) is 5.16. The van der Waals surface area contributed by atoms with Crippen molar-refractivity contribution in [1.82, 2.24) is 9.55 Å². The van der Waals surface area contributed by atoms with Crippen LogP contribution in [-0.4, -0.2) is 21.0 Å². The zero-order chi connectivity index (χ0) is 26.8. The lowest BCUT2D eigenvalue weighted by atomic mass is 9.89. The van der Waals surface area contributed by atoms with Crippen LogP contribution in [0.3, 0.4) is 0 Å². The van der Waals surface area contributed by atoms with Crippen LogP contribution in [0.4, 0.5) is 18.9 Å². The van der Waals surface area contributed by atoms with Gasteiger partial charge in [0, 0.05) is 36.2 Å². The van der Waals surface area contributed by atoms with E-state index >= 15 is 0 Å². The van der Waals surface area contributed by atoms with Crippen LogP contribution in [0.15, 0.2) is 66.2 Å². The van der Waals surface area contributed by atoms with E-state index in [0.717, 1.165) is 5.52 Å². The van der Waals surface area contributed by atoms with Crippen molar-refractivity contribution in [3.05, 3.63) is 95.6 Å². The van der Waals surface area contributed by atoms with Crippen LogP contribution in [0.1, 0.15) is 55.0 Å². The van der Waals surface area contributed by atoms with Gasteiger partial charge in [-0.1, -0.05) is 38.0 Å². The Bertz CT molecular complexity index is 1500. The molecule has 0 amide bonds. The molecule has 8 heteroatoms. The summed E-state index contributed by atoms with van der Waals surface area (Å²) in [4.78, 5) is 10.3. The zero-order valence-electron chi connectivity index (χ0n) is 21.2. The number of aromatic hydroxyl groups is 1. The molecular formula is C30H29F3N4O. The lowest BCUT2D eigenvalue weighted by molar-refractivity contribution is 0.423. The highest BCUT2D eigenvalue weighted by molar-refractivity contribution is 5.94. The molecule has 1 aliphatic heterocycles. The van der Waals surface area contributed by atoms with Crippen LogP contribution in [0, 0.1) is 17.5 Å². The second kappa shape index (κ2) is 10.7.